The zero-order valence-corrected chi connectivity index (χ0v) is 16.5. The fraction of sp³-hybridized carbons (Fsp3) is 0.235. The highest BCUT2D eigenvalue weighted by atomic mass is 35.5. The summed E-state index contributed by atoms with van der Waals surface area (Å²) in [4.78, 5) is 4.48. The maximum absolute atomic E-state index is 12.4. The van der Waals surface area contributed by atoms with Crippen LogP contribution >= 0.6 is 23.2 Å². The number of sulfonamides is 1. The van der Waals surface area contributed by atoms with Crippen molar-refractivity contribution in [1.82, 2.24) is 4.31 Å². The first-order valence-electron chi connectivity index (χ1n) is 7.30. The molecule has 2 rings (SSSR count). The minimum absolute atomic E-state index is 0.116. The number of phenols is 1. The molecule has 134 valence electrons. The normalized spacial score (nSPS) is 12.3. The van der Waals surface area contributed by atoms with Crippen LogP contribution in [-0.2, 0) is 10.0 Å². The Balaban J connectivity index is 2.56. The van der Waals surface area contributed by atoms with Crippen molar-refractivity contribution in [2.24, 2.45) is 4.99 Å². The summed E-state index contributed by atoms with van der Waals surface area (Å²) in [6.45, 7) is 3.66. The number of hydrogen-bond donors (Lipinski definition) is 1. The Labute approximate surface area is 157 Å². The molecule has 2 aromatic rings. The van der Waals surface area contributed by atoms with Crippen LogP contribution in [0.25, 0.3) is 0 Å². The van der Waals surface area contributed by atoms with E-state index in [1.807, 2.05) is 13.8 Å². The lowest BCUT2D eigenvalue weighted by Crippen LogP contribution is -2.22. The third-order valence-corrected chi connectivity index (χ3v) is 6.09. The van der Waals surface area contributed by atoms with Crippen molar-refractivity contribution in [3.05, 3.63) is 51.0 Å². The van der Waals surface area contributed by atoms with E-state index in [2.05, 4.69) is 4.99 Å². The van der Waals surface area contributed by atoms with E-state index in [4.69, 9.17) is 23.2 Å². The first-order valence-corrected chi connectivity index (χ1v) is 9.49. The number of phenolic OH excluding ortho intramolecular Hbond substituents is 1. The van der Waals surface area contributed by atoms with Crippen LogP contribution in [-0.4, -0.2) is 38.1 Å². The number of aromatic hydroxyl groups is 1. The molecule has 0 aliphatic rings. The van der Waals surface area contributed by atoms with E-state index in [-0.39, 0.29) is 15.7 Å². The predicted octanol–water partition coefficient (Wildman–Crippen LogP) is 4.32. The molecule has 0 radical (unpaired) electrons. The van der Waals surface area contributed by atoms with Gasteiger partial charge in [0.15, 0.2) is 0 Å². The molecule has 0 spiro atoms. The monoisotopic (exact) mass is 400 g/mol. The number of aryl methyl sites for hydroxylation is 1. The van der Waals surface area contributed by atoms with Crippen LogP contribution in [0.4, 0.5) is 5.69 Å². The van der Waals surface area contributed by atoms with Crippen LogP contribution in [0.2, 0.25) is 10.0 Å². The van der Waals surface area contributed by atoms with Crippen molar-refractivity contribution in [3.8, 4) is 5.75 Å². The molecule has 0 amide bonds. The average Bonchev–Trinajstić information content (AvgIpc) is 2.52. The number of rotatable bonds is 4. The second-order valence-electron chi connectivity index (χ2n) is 5.76. The molecule has 0 saturated carbocycles. The summed E-state index contributed by atoms with van der Waals surface area (Å²) in [6.07, 6.45) is 1.40. The van der Waals surface area contributed by atoms with Gasteiger partial charge >= 0.3 is 0 Å². The first-order chi connectivity index (χ1) is 11.5. The van der Waals surface area contributed by atoms with E-state index in [0.717, 1.165) is 15.4 Å². The molecule has 25 heavy (non-hydrogen) atoms. The van der Waals surface area contributed by atoms with Gasteiger partial charge in [-0.1, -0.05) is 23.2 Å². The quantitative estimate of drug-likeness (QED) is 0.776. The summed E-state index contributed by atoms with van der Waals surface area (Å²) in [5, 5.41) is 10.5. The average molecular weight is 401 g/mol. The third-order valence-electron chi connectivity index (χ3n) is 3.79. The number of benzene rings is 2. The fourth-order valence-electron chi connectivity index (χ4n) is 2.13. The van der Waals surface area contributed by atoms with E-state index >= 15 is 0 Å². The fourth-order valence-corrected chi connectivity index (χ4v) is 3.64. The smallest absolute Gasteiger partial charge is 0.242 e. The maximum atomic E-state index is 12.4. The third kappa shape index (κ3) is 4.15. The molecule has 0 bridgehead atoms. The van der Waals surface area contributed by atoms with Crippen LogP contribution in [0.3, 0.4) is 0 Å². The zero-order valence-electron chi connectivity index (χ0n) is 14.2. The van der Waals surface area contributed by atoms with E-state index in [1.54, 1.807) is 6.07 Å². The van der Waals surface area contributed by atoms with Gasteiger partial charge in [0.1, 0.15) is 5.75 Å². The molecule has 0 saturated heterocycles. The van der Waals surface area contributed by atoms with Gasteiger partial charge in [0.2, 0.25) is 10.0 Å². The van der Waals surface area contributed by atoms with Crippen LogP contribution in [0.5, 0.6) is 5.75 Å². The highest BCUT2D eigenvalue weighted by Crippen LogP contribution is 2.32. The molecule has 0 aromatic heterocycles. The van der Waals surface area contributed by atoms with Crippen molar-refractivity contribution in [2.75, 3.05) is 14.1 Å². The summed E-state index contributed by atoms with van der Waals surface area (Å²) < 4.78 is 25.9. The second kappa shape index (κ2) is 7.33. The van der Waals surface area contributed by atoms with Gasteiger partial charge in [-0.3, -0.25) is 4.99 Å². The molecule has 0 atom stereocenters. The van der Waals surface area contributed by atoms with Gasteiger partial charge in [0.05, 0.1) is 15.6 Å². The Morgan fingerprint density at radius 3 is 2.36 bits per heavy atom. The van der Waals surface area contributed by atoms with Gasteiger partial charge in [-0.15, -0.1) is 0 Å². The molecule has 0 fully saturated rings. The molecule has 5 nitrogen and oxygen atoms in total. The Morgan fingerprint density at radius 1 is 1.12 bits per heavy atom. The second-order valence-corrected chi connectivity index (χ2v) is 8.75. The van der Waals surface area contributed by atoms with Crippen molar-refractivity contribution in [1.29, 1.82) is 0 Å². The van der Waals surface area contributed by atoms with Gasteiger partial charge in [0, 0.05) is 30.9 Å². The first kappa shape index (κ1) is 19.7. The lowest BCUT2D eigenvalue weighted by molar-refractivity contribution is 0.475. The molecular formula is C17H18Cl2N2O3S. The maximum Gasteiger partial charge on any atom is 0.242 e. The molecule has 8 heteroatoms. The number of halogens is 2. The lowest BCUT2D eigenvalue weighted by Gasteiger charge is -2.14. The summed E-state index contributed by atoms with van der Waals surface area (Å²) in [5.74, 6) is -0.138. The molecule has 0 heterocycles. The van der Waals surface area contributed by atoms with Crippen LogP contribution in [0, 0.1) is 13.8 Å². The van der Waals surface area contributed by atoms with Gasteiger partial charge in [-0.05, 0) is 49.2 Å². The Hall–Kier alpha value is -1.60. The Kier molecular flexibility index (Phi) is 5.79. The molecular weight excluding hydrogens is 383 g/mol. The molecule has 0 unspecified atom stereocenters. The Bertz CT molecular complexity index is 955. The van der Waals surface area contributed by atoms with E-state index in [9.17, 15) is 13.5 Å². The Morgan fingerprint density at radius 2 is 1.76 bits per heavy atom. The summed E-state index contributed by atoms with van der Waals surface area (Å²) in [5.41, 5.74) is 2.45. The van der Waals surface area contributed by atoms with Crippen LogP contribution in [0.15, 0.2) is 34.2 Å². The van der Waals surface area contributed by atoms with Crippen LogP contribution in [0.1, 0.15) is 16.7 Å². The highest BCUT2D eigenvalue weighted by molar-refractivity contribution is 7.89. The van der Waals surface area contributed by atoms with E-state index < -0.39 is 10.0 Å². The number of nitrogens with zero attached hydrogens (tertiary/aromatic N) is 2. The van der Waals surface area contributed by atoms with Crippen molar-refractivity contribution in [3.63, 3.8) is 0 Å². The molecule has 0 aliphatic heterocycles. The zero-order chi connectivity index (χ0) is 18.9. The summed E-state index contributed by atoms with van der Waals surface area (Å²) in [7, 11) is -0.632. The van der Waals surface area contributed by atoms with Crippen LogP contribution < -0.4 is 0 Å². The number of aliphatic imine (C=N–C) groups is 1. The lowest BCUT2D eigenvalue weighted by atomic mass is 10.1. The minimum Gasteiger partial charge on any atom is -0.506 e. The largest absolute Gasteiger partial charge is 0.506 e. The topological polar surface area (TPSA) is 70.0 Å². The van der Waals surface area contributed by atoms with Crippen molar-refractivity contribution >= 4 is 45.1 Å². The van der Waals surface area contributed by atoms with Crippen molar-refractivity contribution in [2.45, 2.75) is 18.7 Å². The van der Waals surface area contributed by atoms with E-state index in [1.165, 1.54) is 38.5 Å². The van der Waals surface area contributed by atoms with Gasteiger partial charge < -0.3 is 5.11 Å². The van der Waals surface area contributed by atoms with Gasteiger partial charge in [0.25, 0.3) is 0 Å². The van der Waals surface area contributed by atoms with Gasteiger partial charge in [-0.25, -0.2) is 12.7 Å². The van der Waals surface area contributed by atoms with Gasteiger partial charge in [-0.2, -0.15) is 0 Å². The van der Waals surface area contributed by atoms with Crippen molar-refractivity contribution < 1.29 is 13.5 Å². The molecule has 0 aliphatic carbocycles. The summed E-state index contributed by atoms with van der Waals surface area (Å²) >= 11 is 11.8. The molecule has 2 aromatic carbocycles. The number of hydrogen-bond acceptors (Lipinski definition) is 4. The predicted molar refractivity (Wildman–Crippen MR) is 102 cm³/mol. The van der Waals surface area contributed by atoms with E-state index in [0.29, 0.717) is 16.3 Å². The SMILES string of the molecule is Cc1cc(S(=O)(=O)N(C)C)cc(N=Cc2cc(Cl)cc(Cl)c2O)c1C. The minimum atomic E-state index is -3.58. The molecule has 1 N–H and O–H groups in total. The highest BCUT2D eigenvalue weighted by Gasteiger charge is 2.19. The standard InChI is InChI=1S/C17H18Cl2N2O3S/c1-10-5-14(25(23,24)21(3)4)8-16(11(10)2)20-9-12-6-13(18)7-15(19)17(12)22/h5-9,22H,1-4H3. The summed E-state index contributed by atoms with van der Waals surface area (Å²) in [6, 6.07) is 6.05.